The molecule has 118 valence electrons. The minimum Gasteiger partial charge on any atom is -0.355 e. The molecule has 0 radical (unpaired) electrons. The summed E-state index contributed by atoms with van der Waals surface area (Å²) < 4.78 is 37.5. The van der Waals surface area contributed by atoms with Crippen molar-refractivity contribution >= 4 is 15.9 Å². The van der Waals surface area contributed by atoms with Crippen LogP contribution in [0.3, 0.4) is 0 Å². The van der Waals surface area contributed by atoms with Crippen molar-refractivity contribution < 1.29 is 17.6 Å². The Morgan fingerprint density at radius 2 is 1.86 bits per heavy atom. The van der Waals surface area contributed by atoms with Crippen LogP contribution in [0, 0.1) is 5.82 Å². The van der Waals surface area contributed by atoms with E-state index in [1.807, 2.05) is 0 Å². The Labute approximate surface area is 125 Å². The number of rotatable bonds is 8. The van der Waals surface area contributed by atoms with Crippen LogP contribution in [0.1, 0.15) is 18.9 Å². The second-order valence-electron chi connectivity index (χ2n) is 4.74. The lowest BCUT2D eigenvalue weighted by atomic mass is 10.1. The fourth-order valence-electron chi connectivity index (χ4n) is 1.79. The van der Waals surface area contributed by atoms with Crippen LogP contribution in [0.25, 0.3) is 0 Å². The summed E-state index contributed by atoms with van der Waals surface area (Å²) in [6.07, 6.45) is 2.00. The fourth-order valence-corrected chi connectivity index (χ4v) is 2.64. The van der Waals surface area contributed by atoms with Crippen LogP contribution in [-0.2, 0) is 21.2 Å². The molecule has 0 aromatic heterocycles. The van der Waals surface area contributed by atoms with Gasteiger partial charge in [0.05, 0.1) is 6.26 Å². The molecule has 1 N–H and O–H groups in total. The van der Waals surface area contributed by atoms with Crippen LogP contribution in [0.15, 0.2) is 24.3 Å². The number of hydrogen-bond donors (Lipinski definition) is 1. The topological polar surface area (TPSA) is 66.5 Å². The SMILES string of the molecule is CCC(=O)NCCN(CCc1ccc(F)cc1)S(C)(=O)=O. The van der Waals surface area contributed by atoms with E-state index in [1.54, 1.807) is 19.1 Å². The molecule has 1 amide bonds. The second kappa shape index (κ2) is 8.09. The van der Waals surface area contributed by atoms with Crippen LogP contribution in [0.2, 0.25) is 0 Å². The summed E-state index contributed by atoms with van der Waals surface area (Å²) in [6.45, 7) is 2.54. The van der Waals surface area contributed by atoms with Gasteiger partial charge in [0.2, 0.25) is 15.9 Å². The number of nitrogens with one attached hydrogen (secondary N) is 1. The van der Waals surface area contributed by atoms with E-state index in [-0.39, 0.29) is 24.8 Å². The van der Waals surface area contributed by atoms with Crippen molar-refractivity contribution in [3.63, 3.8) is 0 Å². The second-order valence-corrected chi connectivity index (χ2v) is 6.72. The Bertz CT molecular complexity index is 558. The van der Waals surface area contributed by atoms with Gasteiger partial charge in [0.1, 0.15) is 5.82 Å². The van der Waals surface area contributed by atoms with Gasteiger partial charge in [-0.2, -0.15) is 0 Å². The zero-order chi connectivity index (χ0) is 15.9. The Morgan fingerprint density at radius 3 is 2.38 bits per heavy atom. The van der Waals surface area contributed by atoms with E-state index in [0.29, 0.717) is 19.4 Å². The highest BCUT2D eigenvalue weighted by atomic mass is 32.2. The van der Waals surface area contributed by atoms with Gasteiger partial charge in [-0.15, -0.1) is 0 Å². The molecule has 1 aromatic carbocycles. The highest BCUT2D eigenvalue weighted by Crippen LogP contribution is 2.06. The summed E-state index contributed by atoms with van der Waals surface area (Å²) in [5, 5.41) is 2.65. The van der Waals surface area contributed by atoms with Crippen LogP contribution < -0.4 is 5.32 Å². The maximum absolute atomic E-state index is 12.8. The summed E-state index contributed by atoms with van der Waals surface area (Å²) in [5.74, 6) is -0.428. The number of nitrogens with zero attached hydrogens (tertiary/aromatic N) is 1. The van der Waals surface area contributed by atoms with E-state index in [0.717, 1.165) is 11.8 Å². The van der Waals surface area contributed by atoms with E-state index in [1.165, 1.54) is 16.4 Å². The smallest absolute Gasteiger partial charge is 0.219 e. The number of benzene rings is 1. The van der Waals surface area contributed by atoms with Crippen molar-refractivity contribution in [3.05, 3.63) is 35.6 Å². The van der Waals surface area contributed by atoms with Crippen molar-refractivity contribution in [2.75, 3.05) is 25.9 Å². The normalized spacial score (nSPS) is 11.6. The Balaban J connectivity index is 2.54. The van der Waals surface area contributed by atoms with E-state index < -0.39 is 10.0 Å². The molecule has 5 nitrogen and oxygen atoms in total. The van der Waals surface area contributed by atoms with Gasteiger partial charge in [0.15, 0.2) is 0 Å². The van der Waals surface area contributed by atoms with Crippen molar-refractivity contribution in [2.45, 2.75) is 19.8 Å². The largest absolute Gasteiger partial charge is 0.355 e. The van der Waals surface area contributed by atoms with Crippen LogP contribution >= 0.6 is 0 Å². The fraction of sp³-hybridized carbons (Fsp3) is 0.500. The zero-order valence-corrected chi connectivity index (χ0v) is 13.1. The minimum atomic E-state index is -3.34. The molecule has 0 bridgehead atoms. The third-order valence-corrected chi connectivity index (χ3v) is 4.34. The minimum absolute atomic E-state index is 0.109. The van der Waals surface area contributed by atoms with Crippen molar-refractivity contribution in [3.8, 4) is 0 Å². The van der Waals surface area contributed by atoms with Gasteiger partial charge in [-0.3, -0.25) is 4.79 Å². The quantitative estimate of drug-likeness (QED) is 0.782. The molecule has 0 aliphatic heterocycles. The first-order valence-corrected chi connectivity index (χ1v) is 8.64. The third-order valence-electron chi connectivity index (χ3n) is 3.04. The van der Waals surface area contributed by atoms with E-state index in [4.69, 9.17) is 0 Å². The van der Waals surface area contributed by atoms with Crippen molar-refractivity contribution in [2.24, 2.45) is 0 Å². The molecule has 7 heteroatoms. The Kier molecular flexibility index (Phi) is 6.77. The first kappa shape index (κ1) is 17.6. The summed E-state index contributed by atoms with van der Waals surface area (Å²) >= 11 is 0. The number of halogens is 1. The first-order valence-electron chi connectivity index (χ1n) is 6.79. The standard InChI is InChI=1S/C14H21FN2O3S/c1-3-14(18)16-9-11-17(21(2,19)20)10-8-12-4-6-13(15)7-5-12/h4-7H,3,8-11H2,1-2H3,(H,16,18). The molecule has 1 rings (SSSR count). The highest BCUT2D eigenvalue weighted by molar-refractivity contribution is 7.88. The lowest BCUT2D eigenvalue weighted by Gasteiger charge is -2.20. The Morgan fingerprint density at radius 1 is 1.24 bits per heavy atom. The predicted octanol–water partition coefficient (Wildman–Crippen LogP) is 1.16. The molecule has 0 heterocycles. The maximum Gasteiger partial charge on any atom is 0.219 e. The van der Waals surface area contributed by atoms with Gasteiger partial charge in [0.25, 0.3) is 0 Å². The lowest BCUT2D eigenvalue weighted by molar-refractivity contribution is -0.120. The average Bonchev–Trinajstić information content (AvgIpc) is 2.42. The van der Waals surface area contributed by atoms with Gasteiger partial charge in [-0.25, -0.2) is 17.1 Å². The molecule has 0 aliphatic carbocycles. The van der Waals surface area contributed by atoms with E-state index in [9.17, 15) is 17.6 Å². The number of sulfonamides is 1. The predicted molar refractivity (Wildman–Crippen MR) is 79.8 cm³/mol. The summed E-state index contributed by atoms with van der Waals surface area (Å²) in [5.41, 5.74) is 0.864. The molecule has 0 saturated carbocycles. The maximum atomic E-state index is 12.8. The van der Waals surface area contributed by atoms with Gasteiger partial charge in [-0.05, 0) is 24.1 Å². The average molecular weight is 316 g/mol. The molecule has 0 spiro atoms. The van der Waals surface area contributed by atoms with Gasteiger partial charge in [0, 0.05) is 26.1 Å². The molecule has 0 saturated heterocycles. The third kappa shape index (κ3) is 6.68. The van der Waals surface area contributed by atoms with Crippen molar-refractivity contribution in [1.29, 1.82) is 0 Å². The van der Waals surface area contributed by atoms with Crippen molar-refractivity contribution in [1.82, 2.24) is 9.62 Å². The monoisotopic (exact) mass is 316 g/mol. The van der Waals surface area contributed by atoms with Gasteiger partial charge in [-0.1, -0.05) is 19.1 Å². The summed E-state index contributed by atoms with van der Waals surface area (Å²) in [7, 11) is -3.34. The molecule has 0 unspecified atom stereocenters. The molecule has 0 aliphatic rings. The molecular weight excluding hydrogens is 295 g/mol. The molecule has 0 fully saturated rings. The van der Waals surface area contributed by atoms with E-state index in [2.05, 4.69) is 5.32 Å². The summed E-state index contributed by atoms with van der Waals surface area (Å²) in [4.78, 5) is 11.1. The summed E-state index contributed by atoms with van der Waals surface area (Å²) in [6, 6.07) is 5.96. The van der Waals surface area contributed by atoms with Crippen LogP contribution in [-0.4, -0.2) is 44.5 Å². The highest BCUT2D eigenvalue weighted by Gasteiger charge is 2.16. The number of carbonyl (C=O) groups excluding carboxylic acids is 1. The van der Waals surface area contributed by atoms with Gasteiger partial charge < -0.3 is 5.32 Å². The van der Waals surface area contributed by atoms with E-state index >= 15 is 0 Å². The lowest BCUT2D eigenvalue weighted by Crippen LogP contribution is -2.39. The number of carbonyl (C=O) groups is 1. The molecule has 21 heavy (non-hydrogen) atoms. The van der Waals surface area contributed by atoms with Crippen LogP contribution in [0.5, 0.6) is 0 Å². The zero-order valence-electron chi connectivity index (χ0n) is 12.3. The first-order chi connectivity index (χ1) is 9.82. The Hall–Kier alpha value is -1.47. The number of amides is 1. The number of hydrogen-bond acceptors (Lipinski definition) is 3. The van der Waals surface area contributed by atoms with Gasteiger partial charge >= 0.3 is 0 Å². The molecule has 1 aromatic rings. The van der Waals surface area contributed by atoms with Crippen LogP contribution in [0.4, 0.5) is 4.39 Å². The molecule has 0 atom stereocenters. The molecular formula is C14H21FN2O3S.